The molecular weight excluding hydrogens is 543 g/mol. The quantitative estimate of drug-likeness (QED) is 0.222. The second-order valence-electron chi connectivity index (χ2n) is 8.49. The lowest BCUT2D eigenvalue weighted by atomic mass is 10.0. The molecule has 0 saturated heterocycles. The Balaban J connectivity index is 1.64. The molecule has 0 aromatic heterocycles. The Morgan fingerprint density at radius 2 is 1.39 bits per heavy atom. The van der Waals surface area contributed by atoms with Gasteiger partial charge in [-0.05, 0) is 47.0 Å². The highest BCUT2D eigenvalue weighted by atomic mass is 35.5. The average molecular weight is 568 g/mol. The lowest BCUT2D eigenvalue weighted by molar-refractivity contribution is -0.143. The molecule has 1 N–H and O–H groups in total. The minimum absolute atomic E-state index is 0.154. The van der Waals surface area contributed by atoms with Gasteiger partial charge < -0.3 is 15.0 Å². The third kappa shape index (κ3) is 7.29. The van der Waals surface area contributed by atoms with Crippen LogP contribution in [0.3, 0.4) is 0 Å². The lowest BCUT2D eigenvalue weighted by Crippen LogP contribution is -2.45. The summed E-state index contributed by atoms with van der Waals surface area (Å²) >= 11 is 18.6. The highest BCUT2D eigenvalue weighted by Crippen LogP contribution is 2.27. The maximum absolute atomic E-state index is 13.7. The van der Waals surface area contributed by atoms with Gasteiger partial charge in [-0.15, -0.1) is 0 Å². The van der Waals surface area contributed by atoms with E-state index >= 15 is 0 Å². The van der Waals surface area contributed by atoms with E-state index in [9.17, 15) is 9.59 Å². The number of carbonyl (C=O) groups is 2. The molecule has 8 heteroatoms. The van der Waals surface area contributed by atoms with Crippen LogP contribution in [0.2, 0.25) is 15.1 Å². The van der Waals surface area contributed by atoms with Crippen molar-refractivity contribution in [3.8, 4) is 5.75 Å². The van der Waals surface area contributed by atoms with Gasteiger partial charge in [0.05, 0.1) is 5.02 Å². The average Bonchev–Trinajstić information content (AvgIpc) is 2.93. The first-order valence-electron chi connectivity index (χ1n) is 11.9. The molecule has 0 bridgehead atoms. The van der Waals surface area contributed by atoms with Crippen LogP contribution in [-0.2, 0) is 22.7 Å². The molecule has 0 aliphatic carbocycles. The molecule has 38 heavy (non-hydrogen) atoms. The Morgan fingerprint density at radius 3 is 2.08 bits per heavy atom. The molecule has 1 atom stereocenters. The number of amides is 2. The molecule has 1 unspecified atom stereocenters. The number of carbonyl (C=O) groups excluding carboxylic acids is 2. The van der Waals surface area contributed by atoms with Crippen LogP contribution in [-0.4, -0.2) is 23.3 Å². The fourth-order valence-electron chi connectivity index (χ4n) is 3.92. The van der Waals surface area contributed by atoms with E-state index in [2.05, 4.69) is 5.32 Å². The van der Waals surface area contributed by atoms with Crippen molar-refractivity contribution in [2.75, 3.05) is 6.61 Å². The number of hydrogen-bond donors (Lipinski definition) is 1. The summed E-state index contributed by atoms with van der Waals surface area (Å²) in [5, 5.41) is 4.46. The maximum atomic E-state index is 13.7. The molecule has 4 aromatic carbocycles. The minimum atomic E-state index is -0.934. The highest BCUT2D eigenvalue weighted by Gasteiger charge is 2.32. The van der Waals surface area contributed by atoms with E-state index in [0.717, 1.165) is 11.1 Å². The van der Waals surface area contributed by atoms with Crippen molar-refractivity contribution in [3.63, 3.8) is 0 Å². The van der Waals surface area contributed by atoms with Gasteiger partial charge in [0.2, 0.25) is 5.91 Å². The van der Waals surface area contributed by atoms with E-state index in [1.54, 1.807) is 42.5 Å². The Kier molecular flexibility index (Phi) is 9.66. The molecule has 4 rings (SSSR count). The second-order valence-corrected chi connectivity index (χ2v) is 9.74. The molecule has 5 nitrogen and oxygen atoms in total. The van der Waals surface area contributed by atoms with Crippen LogP contribution in [0.25, 0.3) is 0 Å². The molecule has 2 amide bonds. The topological polar surface area (TPSA) is 58.6 Å². The second kappa shape index (κ2) is 13.3. The molecule has 0 aliphatic rings. The van der Waals surface area contributed by atoms with Crippen molar-refractivity contribution in [3.05, 3.63) is 135 Å². The van der Waals surface area contributed by atoms with E-state index in [-0.39, 0.29) is 31.5 Å². The third-order valence-corrected chi connectivity index (χ3v) is 6.79. The van der Waals surface area contributed by atoms with E-state index in [4.69, 9.17) is 39.5 Å². The number of rotatable bonds is 10. The standard InChI is InChI=1S/C30H25Cl3N2O3/c31-24-16-14-21(15-17-24)19-35(28(36)20-38-27-13-7-6-12-26(27)33)29(22-8-2-1-3-9-22)30(37)34-18-23-10-4-5-11-25(23)32/h1-17,29H,18-20H2,(H,34,37). The van der Waals surface area contributed by atoms with Crippen LogP contribution >= 0.6 is 34.8 Å². The first-order valence-corrected chi connectivity index (χ1v) is 13.0. The van der Waals surface area contributed by atoms with Gasteiger partial charge in [-0.3, -0.25) is 9.59 Å². The predicted octanol–water partition coefficient (Wildman–Crippen LogP) is 7.11. The number of nitrogens with one attached hydrogen (secondary N) is 1. The summed E-state index contributed by atoms with van der Waals surface area (Å²) in [6.45, 7) is 0.0559. The summed E-state index contributed by atoms with van der Waals surface area (Å²) in [6.07, 6.45) is 0. The molecule has 194 valence electrons. The van der Waals surface area contributed by atoms with Crippen LogP contribution in [0.1, 0.15) is 22.7 Å². The van der Waals surface area contributed by atoms with Gasteiger partial charge in [0.15, 0.2) is 6.61 Å². The zero-order valence-electron chi connectivity index (χ0n) is 20.3. The first kappa shape index (κ1) is 27.5. The zero-order valence-corrected chi connectivity index (χ0v) is 22.6. The maximum Gasteiger partial charge on any atom is 0.261 e. The van der Waals surface area contributed by atoms with E-state index in [1.165, 1.54) is 4.90 Å². The highest BCUT2D eigenvalue weighted by molar-refractivity contribution is 6.32. The van der Waals surface area contributed by atoms with Crippen LogP contribution in [0.4, 0.5) is 0 Å². The Labute approximate surface area is 236 Å². The summed E-state index contributed by atoms with van der Waals surface area (Å²) in [7, 11) is 0. The molecule has 0 radical (unpaired) electrons. The van der Waals surface area contributed by atoms with Crippen LogP contribution < -0.4 is 10.1 Å². The van der Waals surface area contributed by atoms with Crippen LogP contribution in [0.5, 0.6) is 5.75 Å². The van der Waals surface area contributed by atoms with Gasteiger partial charge in [0.1, 0.15) is 11.8 Å². The normalized spacial score (nSPS) is 11.4. The van der Waals surface area contributed by atoms with Crippen molar-refractivity contribution in [2.24, 2.45) is 0 Å². The van der Waals surface area contributed by atoms with Crippen LogP contribution in [0.15, 0.2) is 103 Å². The fraction of sp³-hybridized carbons (Fsp3) is 0.133. The third-order valence-electron chi connectivity index (χ3n) is 5.86. The molecule has 4 aromatic rings. The van der Waals surface area contributed by atoms with Gasteiger partial charge in [-0.25, -0.2) is 0 Å². The zero-order chi connectivity index (χ0) is 26.9. The molecule has 0 spiro atoms. The Bertz CT molecular complexity index is 1380. The fourth-order valence-corrected chi connectivity index (χ4v) is 4.44. The summed E-state index contributed by atoms with van der Waals surface area (Å²) in [5.74, 6) is -0.355. The number of nitrogens with zero attached hydrogens (tertiary/aromatic N) is 1. The summed E-state index contributed by atoms with van der Waals surface area (Å²) in [4.78, 5) is 28.9. The molecule has 0 heterocycles. The molecule has 0 fully saturated rings. The number of para-hydroxylation sites is 1. The predicted molar refractivity (Wildman–Crippen MR) is 151 cm³/mol. The number of ether oxygens (including phenoxy) is 1. The van der Waals surface area contributed by atoms with Gasteiger partial charge in [-0.1, -0.05) is 108 Å². The number of halogens is 3. The summed E-state index contributed by atoms with van der Waals surface area (Å²) in [6, 6.07) is 29.5. The molecule has 0 saturated carbocycles. The molecule has 0 aliphatic heterocycles. The summed E-state index contributed by atoms with van der Waals surface area (Å²) < 4.78 is 5.75. The SMILES string of the molecule is O=C(NCc1ccccc1Cl)C(c1ccccc1)N(Cc1ccc(Cl)cc1)C(=O)COc1ccccc1Cl. The Hall–Kier alpha value is -3.51. The number of benzene rings is 4. The Morgan fingerprint density at radius 1 is 0.763 bits per heavy atom. The van der Waals surface area contributed by atoms with E-state index in [1.807, 2.05) is 60.7 Å². The van der Waals surface area contributed by atoms with E-state index < -0.39 is 6.04 Å². The largest absolute Gasteiger partial charge is 0.482 e. The van der Waals surface area contributed by atoms with Crippen molar-refractivity contribution >= 4 is 46.6 Å². The van der Waals surface area contributed by atoms with Crippen molar-refractivity contribution in [1.82, 2.24) is 10.2 Å². The van der Waals surface area contributed by atoms with Crippen LogP contribution in [0, 0.1) is 0 Å². The number of hydrogen-bond acceptors (Lipinski definition) is 3. The van der Waals surface area contributed by atoms with Crippen molar-refractivity contribution < 1.29 is 14.3 Å². The van der Waals surface area contributed by atoms with Gasteiger partial charge in [-0.2, -0.15) is 0 Å². The van der Waals surface area contributed by atoms with Crippen molar-refractivity contribution in [1.29, 1.82) is 0 Å². The van der Waals surface area contributed by atoms with Crippen molar-refractivity contribution in [2.45, 2.75) is 19.1 Å². The molecular formula is C30H25Cl3N2O3. The summed E-state index contributed by atoms with van der Waals surface area (Å²) in [5.41, 5.74) is 2.23. The lowest BCUT2D eigenvalue weighted by Gasteiger charge is -2.31. The smallest absolute Gasteiger partial charge is 0.261 e. The van der Waals surface area contributed by atoms with E-state index in [0.29, 0.717) is 26.4 Å². The van der Waals surface area contributed by atoms with Gasteiger partial charge >= 0.3 is 0 Å². The van der Waals surface area contributed by atoms with Gasteiger partial charge in [0.25, 0.3) is 5.91 Å². The minimum Gasteiger partial charge on any atom is -0.482 e. The monoisotopic (exact) mass is 566 g/mol. The first-order chi connectivity index (χ1) is 18.4. The van der Waals surface area contributed by atoms with Gasteiger partial charge in [0, 0.05) is 23.1 Å².